The third kappa shape index (κ3) is 11.1. The predicted octanol–water partition coefficient (Wildman–Crippen LogP) is 5.68. The van der Waals surface area contributed by atoms with Crippen LogP contribution >= 0.6 is 0 Å². The molecule has 5 rings (SSSR count). The third-order valence-corrected chi connectivity index (χ3v) is 11.6. The van der Waals surface area contributed by atoms with E-state index in [1.54, 1.807) is 0 Å². The molecule has 20 nitrogen and oxygen atoms in total. The molecule has 8 bridgehead atoms. The number of allylic oxidation sites excluding steroid dienone is 6. The van der Waals surface area contributed by atoms with E-state index in [4.69, 9.17) is 20.9 Å². The van der Waals surface area contributed by atoms with Crippen molar-refractivity contribution in [3.05, 3.63) is 95.9 Å². The molecule has 1 fully saturated rings. The molecule has 0 aliphatic carbocycles. The van der Waals surface area contributed by atoms with Gasteiger partial charge in [0.1, 0.15) is 0 Å². The molecule has 0 radical (unpaired) electrons. The van der Waals surface area contributed by atoms with Gasteiger partial charge < -0.3 is 61.8 Å². The van der Waals surface area contributed by atoms with Crippen LogP contribution < -0.4 is 4.98 Å². The first kappa shape index (κ1) is 49.1. The minimum atomic E-state index is -1.60. The van der Waals surface area contributed by atoms with E-state index in [-0.39, 0.29) is 111 Å². The summed E-state index contributed by atoms with van der Waals surface area (Å²) < 4.78 is 0. The molecule has 0 aromatic carbocycles. The number of nitrogens with zero attached hydrogens (tertiary/aromatic N) is 4. The Bertz CT molecular complexity index is 2330. The predicted molar refractivity (Wildman–Crippen MR) is 214 cm³/mol. The number of fused-ring (bicyclic) bond motifs is 8. The first-order valence-corrected chi connectivity index (χ1v) is 19.4. The standard InChI is InChI=1S/C42H44N4O16.Fe/c1-41(17-39(59)60)23(5-9-35(51)52)29-14-27-21(11-37(55)56)19(3-7-33(47)48)25(43-27)13-26-20(4-8-34(49)50)22(12-38(57)58)28(44-26)15-31-42(2,18-40(61)62)24(6-10-36(53)54)30(46-31)16-32(41)45-29;/h13-16,20,23H,3-12,17-18H2,1-2H3,(H,47,48)(H,49,50)(H,51,52)(H,53,54)(H,55,56)(H,57,58)(H,59,60)(H,61,62);/q-4;+4/b26-13-,29-14-,31-15-,32-16-;/t20-,23-,41+,42+;/m1./s1. The Morgan fingerprint density at radius 2 is 1.08 bits per heavy atom. The van der Waals surface area contributed by atoms with Crippen molar-refractivity contribution in [2.75, 3.05) is 0 Å². The van der Waals surface area contributed by atoms with E-state index in [1.807, 2.05) is 0 Å². The molecular formula is C42H44FeN4O16. The van der Waals surface area contributed by atoms with Gasteiger partial charge in [0.2, 0.25) is 0 Å². The molecule has 63 heavy (non-hydrogen) atoms. The monoisotopic (exact) mass is 916 g/mol. The summed E-state index contributed by atoms with van der Waals surface area (Å²) in [6, 6.07) is 0. The van der Waals surface area contributed by atoms with Crippen molar-refractivity contribution in [1.29, 1.82) is 0 Å². The van der Waals surface area contributed by atoms with Gasteiger partial charge in [0.05, 0.1) is 25.7 Å². The fraction of sp³-hybridized carbons (Fsp3) is 0.429. The summed E-state index contributed by atoms with van der Waals surface area (Å²) in [5.41, 5.74) is -2.50. The van der Waals surface area contributed by atoms with Crippen LogP contribution in [0, 0.1) is 22.7 Å². The first-order chi connectivity index (χ1) is 29.0. The van der Waals surface area contributed by atoms with Crippen LogP contribution in [0.5, 0.6) is 0 Å². The van der Waals surface area contributed by atoms with Crippen LogP contribution in [0.15, 0.2) is 57.5 Å². The van der Waals surface area contributed by atoms with Gasteiger partial charge in [-0.05, 0) is 48.5 Å². The van der Waals surface area contributed by atoms with Gasteiger partial charge in [-0.25, -0.2) is 0 Å². The van der Waals surface area contributed by atoms with Gasteiger partial charge >= 0.3 is 64.8 Å². The Labute approximate surface area is 369 Å². The normalized spacial score (nSPS) is 25.6. The molecule has 1 aromatic rings. The van der Waals surface area contributed by atoms with Crippen molar-refractivity contribution in [2.24, 2.45) is 22.7 Å². The van der Waals surface area contributed by atoms with E-state index >= 15 is 0 Å². The Balaban J connectivity index is 0.00000871. The maximum atomic E-state index is 12.6. The maximum absolute atomic E-state index is 12.6. The average molecular weight is 917 g/mol. The molecule has 0 amide bonds. The number of carboxylic acid groups (broad SMARTS) is 8. The number of carbonyl (C=O) groups is 8. The summed E-state index contributed by atoms with van der Waals surface area (Å²) in [4.78, 5) is 102. The second-order valence-corrected chi connectivity index (χ2v) is 15.9. The quantitative estimate of drug-likeness (QED) is 0.0729. The summed E-state index contributed by atoms with van der Waals surface area (Å²) in [7, 11) is 0. The summed E-state index contributed by atoms with van der Waals surface area (Å²) in [6.07, 6.45) is -0.0592. The SMILES string of the molecule is C[C@]1(CC(=O)O)C(CCC(=O)O)=C2/C=C3\[N-]/C(=C\c4[n-]c(c(CCC(=O)O)c4CC(=O)O)/C=C4\[N-]C(=C(CC(=O)O)[C@H]4CCC(=O)O)/C=C/1[N-]2)[C@@H](CCC(=O)O)[C@]3(C)CC(=O)O.[Fe+4]. The van der Waals surface area contributed by atoms with Crippen molar-refractivity contribution >= 4 is 59.9 Å². The van der Waals surface area contributed by atoms with Crippen LogP contribution in [0.1, 0.15) is 101 Å². The Morgan fingerprint density at radius 1 is 0.540 bits per heavy atom. The van der Waals surface area contributed by atoms with E-state index in [9.17, 15) is 79.2 Å². The number of hydrogen-bond donors (Lipinski definition) is 8. The fourth-order valence-electron chi connectivity index (χ4n) is 8.73. The van der Waals surface area contributed by atoms with Crippen LogP contribution in [0.2, 0.25) is 0 Å². The van der Waals surface area contributed by atoms with Gasteiger partial charge in [-0.1, -0.05) is 54.9 Å². The van der Waals surface area contributed by atoms with Crippen molar-refractivity contribution in [2.45, 2.75) is 90.9 Å². The van der Waals surface area contributed by atoms with Gasteiger partial charge in [-0.15, -0.1) is 22.8 Å². The van der Waals surface area contributed by atoms with Crippen LogP contribution in [0.4, 0.5) is 0 Å². The maximum Gasteiger partial charge on any atom is 4.00 e. The molecule has 336 valence electrons. The van der Waals surface area contributed by atoms with Crippen molar-refractivity contribution in [3.63, 3.8) is 0 Å². The topological polar surface area (TPSA) is 355 Å². The summed E-state index contributed by atoms with van der Waals surface area (Å²) >= 11 is 0. The molecule has 0 saturated carbocycles. The third-order valence-electron chi connectivity index (χ3n) is 11.6. The van der Waals surface area contributed by atoms with Gasteiger partial charge in [0.25, 0.3) is 0 Å². The van der Waals surface area contributed by atoms with Gasteiger partial charge in [0, 0.05) is 31.1 Å². The second-order valence-electron chi connectivity index (χ2n) is 15.9. The van der Waals surface area contributed by atoms with E-state index in [2.05, 4.69) is 0 Å². The summed E-state index contributed by atoms with van der Waals surface area (Å²) in [6.45, 7) is 3.02. The second kappa shape index (κ2) is 19.6. The molecule has 0 unspecified atom stereocenters. The fourth-order valence-corrected chi connectivity index (χ4v) is 8.73. The zero-order chi connectivity index (χ0) is 45.8. The van der Waals surface area contributed by atoms with Crippen LogP contribution in [0.3, 0.4) is 0 Å². The van der Waals surface area contributed by atoms with Crippen molar-refractivity contribution in [3.8, 4) is 0 Å². The Kier molecular flexibility index (Phi) is 15.3. The molecule has 4 atom stereocenters. The summed E-state index contributed by atoms with van der Waals surface area (Å²) in [5.74, 6) is -12.3. The first-order valence-electron chi connectivity index (χ1n) is 19.4. The molecule has 5 heterocycles. The number of aromatic nitrogens is 1. The number of hydrogen-bond acceptors (Lipinski definition) is 8. The minimum absolute atomic E-state index is 0. The van der Waals surface area contributed by atoms with E-state index < -0.39 is 122 Å². The van der Waals surface area contributed by atoms with Crippen LogP contribution in [0.25, 0.3) is 28.1 Å². The Morgan fingerprint density at radius 3 is 1.65 bits per heavy atom. The van der Waals surface area contributed by atoms with E-state index in [1.165, 1.54) is 38.2 Å². The number of rotatable bonds is 20. The number of aliphatic carboxylic acids is 8. The molecule has 8 N–H and O–H groups in total. The van der Waals surface area contributed by atoms with Crippen LogP contribution in [-0.2, 0) is 68.3 Å². The van der Waals surface area contributed by atoms with Gasteiger partial charge in [-0.2, -0.15) is 22.8 Å². The van der Waals surface area contributed by atoms with Crippen LogP contribution in [-0.4, -0.2) is 88.6 Å². The zero-order valence-corrected chi connectivity index (χ0v) is 35.0. The molecule has 1 saturated heterocycles. The zero-order valence-electron chi connectivity index (χ0n) is 33.9. The largest absolute Gasteiger partial charge is 4.00 e. The molecule has 1 aromatic heterocycles. The van der Waals surface area contributed by atoms with E-state index in [0.717, 1.165) is 0 Å². The molecular weight excluding hydrogens is 872 g/mol. The molecule has 21 heteroatoms. The van der Waals surface area contributed by atoms with Gasteiger partial charge in [-0.3, -0.25) is 38.4 Å². The average Bonchev–Trinajstić information content (AvgIpc) is 3.77. The summed E-state index contributed by atoms with van der Waals surface area (Å²) in [5, 5.41) is 93.9. The number of carboxylic acids is 8. The van der Waals surface area contributed by atoms with Crippen molar-refractivity contribution < 1.29 is 96.3 Å². The molecule has 4 aliphatic rings. The minimum Gasteiger partial charge on any atom is -0.664 e. The molecule has 0 spiro atoms. The van der Waals surface area contributed by atoms with Crippen molar-refractivity contribution in [1.82, 2.24) is 4.98 Å². The Hall–Kier alpha value is -6.60. The molecule has 4 aliphatic heterocycles. The smallest absolute Gasteiger partial charge is 0.664 e. The van der Waals surface area contributed by atoms with E-state index in [0.29, 0.717) is 0 Å². The van der Waals surface area contributed by atoms with Gasteiger partial charge in [0.15, 0.2) is 0 Å².